The average Bonchev–Trinajstić information content (AvgIpc) is 3.05. The molecule has 0 spiro atoms. The number of aromatic nitrogens is 3. The third kappa shape index (κ3) is 2.91. The van der Waals surface area contributed by atoms with Crippen LogP contribution < -0.4 is 20.5 Å². The van der Waals surface area contributed by atoms with Gasteiger partial charge >= 0.3 is 0 Å². The van der Waals surface area contributed by atoms with Gasteiger partial charge in [-0.05, 0) is 12.1 Å². The molecule has 0 aliphatic heterocycles. The molecule has 0 saturated heterocycles. The van der Waals surface area contributed by atoms with Gasteiger partial charge in [-0.1, -0.05) is 12.1 Å². The summed E-state index contributed by atoms with van der Waals surface area (Å²) in [6.07, 6.45) is 3.06. The van der Waals surface area contributed by atoms with Crippen molar-refractivity contribution in [1.82, 2.24) is 15.0 Å². The minimum atomic E-state index is 0.249. The molecule has 3 aromatic rings. The van der Waals surface area contributed by atoms with Crippen molar-refractivity contribution in [3.63, 3.8) is 0 Å². The van der Waals surface area contributed by atoms with Gasteiger partial charge in [0, 0.05) is 11.6 Å². The summed E-state index contributed by atoms with van der Waals surface area (Å²) in [5.41, 5.74) is 6.36. The Bertz CT molecular complexity index is 764. The van der Waals surface area contributed by atoms with Crippen molar-refractivity contribution in [2.45, 2.75) is 0 Å². The van der Waals surface area contributed by atoms with Crippen molar-refractivity contribution < 1.29 is 9.47 Å². The van der Waals surface area contributed by atoms with Crippen LogP contribution >= 0.6 is 11.3 Å². The molecule has 0 unspecified atom stereocenters. The number of nitrogens with zero attached hydrogens (tertiary/aromatic N) is 3. The quantitative estimate of drug-likeness (QED) is 0.747. The molecule has 0 bridgehead atoms. The molecule has 0 atom stereocenters. The molecule has 0 aliphatic rings. The molecule has 0 radical (unpaired) electrons. The number of hydrogen-bond donors (Lipinski definition) is 2. The van der Waals surface area contributed by atoms with Crippen molar-refractivity contribution in [2.24, 2.45) is 0 Å². The van der Waals surface area contributed by atoms with Crippen LogP contribution in [0.5, 0.6) is 17.4 Å². The van der Waals surface area contributed by atoms with E-state index in [1.165, 1.54) is 17.7 Å². The minimum absolute atomic E-state index is 0.249. The Kier molecular flexibility index (Phi) is 4.01. The smallest absolute Gasteiger partial charge is 0.248 e. The first-order valence-electron chi connectivity index (χ1n) is 6.36. The van der Waals surface area contributed by atoms with Crippen molar-refractivity contribution in [2.75, 3.05) is 18.2 Å². The molecular weight excluding hydrogens is 302 g/mol. The third-order valence-electron chi connectivity index (χ3n) is 2.78. The fourth-order valence-corrected chi connectivity index (χ4v) is 2.28. The molecule has 112 valence electrons. The zero-order valence-electron chi connectivity index (χ0n) is 11.7. The maximum absolute atomic E-state index is 6.06. The molecule has 7 nitrogen and oxygen atoms in total. The number of nitrogens with two attached hydrogens (primary N) is 1. The van der Waals surface area contributed by atoms with E-state index in [0.717, 1.165) is 0 Å². The maximum atomic E-state index is 6.06. The summed E-state index contributed by atoms with van der Waals surface area (Å²) >= 11 is 1.44. The van der Waals surface area contributed by atoms with Crippen LogP contribution in [0.15, 0.2) is 42.2 Å². The Balaban J connectivity index is 1.88. The number of nitrogens with one attached hydrogen (secondary N) is 1. The fraction of sp³-hybridized carbons (Fsp3) is 0.0714. The lowest BCUT2D eigenvalue weighted by Crippen LogP contribution is -2.03. The average molecular weight is 315 g/mol. The first-order chi connectivity index (χ1) is 10.8. The lowest BCUT2D eigenvalue weighted by Gasteiger charge is -2.12. The molecule has 8 heteroatoms. The zero-order chi connectivity index (χ0) is 15.4. The minimum Gasteiger partial charge on any atom is -0.493 e. The van der Waals surface area contributed by atoms with E-state index in [4.69, 9.17) is 15.2 Å². The van der Waals surface area contributed by atoms with Gasteiger partial charge < -0.3 is 20.5 Å². The Morgan fingerprint density at radius 1 is 1.14 bits per heavy atom. The lowest BCUT2D eigenvalue weighted by atomic mass is 10.3. The Morgan fingerprint density at radius 3 is 2.68 bits per heavy atom. The van der Waals surface area contributed by atoms with Gasteiger partial charge in [-0.15, -0.1) is 11.3 Å². The van der Waals surface area contributed by atoms with E-state index in [-0.39, 0.29) is 5.88 Å². The van der Waals surface area contributed by atoms with Gasteiger partial charge in [0.1, 0.15) is 12.0 Å². The van der Waals surface area contributed by atoms with Gasteiger partial charge in [0.15, 0.2) is 22.4 Å². The molecule has 3 rings (SSSR count). The van der Waals surface area contributed by atoms with Crippen LogP contribution in [0.4, 0.5) is 16.6 Å². The van der Waals surface area contributed by atoms with Gasteiger partial charge in [-0.25, -0.2) is 9.97 Å². The number of ether oxygens (including phenoxy) is 2. The van der Waals surface area contributed by atoms with Crippen LogP contribution in [0, 0.1) is 0 Å². The van der Waals surface area contributed by atoms with Gasteiger partial charge in [-0.3, -0.25) is 0 Å². The second-order valence-corrected chi connectivity index (χ2v) is 5.05. The standard InChI is InChI=1S/C14H13N5O2S/c1-20-9-4-2-3-5-10(9)21-13-11(15)12(17-8-18-13)19-14-16-6-7-22-14/h2-8H,15H2,1H3,(H,16,17,18,19). The van der Waals surface area contributed by atoms with E-state index >= 15 is 0 Å². The Morgan fingerprint density at radius 2 is 1.95 bits per heavy atom. The zero-order valence-corrected chi connectivity index (χ0v) is 12.5. The summed E-state index contributed by atoms with van der Waals surface area (Å²) in [4.78, 5) is 12.3. The van der Waals surface area contributed by atoms with E-state index < -0.39 is 0 Å². The molecule has 3 N–H and O–H groups in total. The maximum Gasteiger partial charge on any atom is 0.248 e. The number of anilines is 3. The molecule has 0 fully saturated rings. The fourth-order valence-electron chi connectivity index (χ4n) is 1.75. The molecule has 0 saturated carbocycles. The predicted molar refractivity (Wildman–Crippen MR) is 84.9 cm³/mol. The summed E-state index contributed by atoms with van der Waals surface area (Å²) < 4.78 is 11.0. The molecular formula is C14H13N5O2S. The number of rotatable bonds is 5. The summed E-state index contributed by atoms with van der Waals surface area (Å²) in [6.45, 7) is 0. The normalized spacial score (nSPS) is 10.2. The lowest BCUT2D eigenvalue weighted by molar-refractivity contribution is 0.374. The number of benzene rings is 1. The highest BCUT2D eigenvalue weighted by atomic mass is 32.1. The first kappa shape index (κ1) is 14.1. The van der Waals surface area contributed by atoms with Crippen molar-refractivity contribution in [3.8, 4) is 17.4 Å². The SMILES string of the molecule is COc1ccccc1Oc1ncnc(Nc2nccs2)c1N. The molecule has 2 aromatic heterocycles. The highest BCUT2D eigenvalue weighted by Crippen LogP contribution is 2.35. The second kappa shape index (κ2) is 6.27. The van der Waals surface area contributed by atoms with E-state index in [1.807, 2.05) is 17.5 Å². The van der Waals surface area contributed by atoms with Crippen molar-refractivity contribution >= 4 is 28.0 Å². The van der Waals surface area contributed by atoms with E-state index in [9.17, 15) is 0 Å². The first-order valence-corrected chi connectivity index (χ1v) is 7.23. The number of thiazole rings is 1. The van der Waals surface area contributed by atoms with Gasteiger partial charge in [-0.2, -0.15) is 4.98 Å². The van der Waals surface area contributed by atoms with Crippen LogP contribution in [0.3, 0.4) is 0 Å². The van der Waals surface area contributed by atoms with E-state index in [2.05, 4.69) is 20.3 Å². The second-order valence-electron chi connectivity index (χ2n) is 4.16. The highest BCUT2D eigenvalue weighted by molar-refractivity contribution is 7.13. The summed E-state index contributed by atoms with van der Waals surface area (Å²) in [6, 6.07) is 7.25. The predicted octanol–water partition coefficient (Wildman–Crippen LogP) is 3.06. The van der Waals surface area contributed by atoms with Crippen molar-refractivity contribution in [1.29, 1.82) is 0 Å². The van der Waals surface area contributed by atoms with E-state index in [0.29, 0.717) is 28.1 Å². The van der Waals surface area contributed by atoms with Crippen molar-refractivity contribution in [3.05, 3.63) is 42.2 Å². The van der Waals surface area contributed by atoms with E-state index in [1.54, 1.807) is 25.4 Å². The molecule has 22 heavy (non-hydrogen) atoms. The van der Waals surface area contributed by atoms with Gasteiger partial charge in [0.25, 0.3) is 0 Å². The number of nitrogen functional groups attached to an aromatic ring is 1. The van der Waals surface area contributed by atoms with Gasteiger partial charge in [0.2, 0.25) is 5.88 Å². The van der Waals surface area contributed by atoms with Gasteiger partial charge in [0.05, 0.1) is 7.11 Å². The highest BCUT2D eigenvalue weighted by Gasteiger charge is 2.13. The summed E-state index contributed by atoms with van der Waals surface area (Å²) in [7, 11) is 1.57. The topological polar surface area (TPSA) is 95.2 Å². The molecule has 0 amide bonds. The van der Waals surface area contributed by atoms with Crippen LogP contribution in [-0.4, -0.2) is 22.1 Å². The van der Waals surface area contributed by atoms with Crippen LogP contribution in [0.2, 0.25) is 0 Å². The van der Waals surface area contributed by atoms with Crippen LogP contribution in [0.1, 0.15) is 0 Å². The monoisotopic (exact) mass is 315 g/mol. The number of methoxy groups -OCH3 is 1. The third-order valence-corrected chi connectivity index (χ3v) is 3.47. The molecule has 1 aromatic carbocycles. The Hall–Kier alpha value is -2.87. The molecule has 0 aliphatic carbocycles. The Labute approximate surface area is 130 Å². The van der Waals surface area contributed by atoms with Crippen LogP contribution in [0.25, 0.3) is 0 Å². The van der Waals surface area contributed by atoms with Crippen LogP contribution in [-0.2, 0) is 0 Å². The number of para-hydroxylation sites is 2. The summed E-state index contributed by atoms with van der Waals surface area (Å²) in [5, 5.41) is 5.57. The molecule has 2 heterocycles. The largest absolute Gasteiger partial charge is 0.493 e. The summed E-state index contributed by atoms with van der Waals surface area (Å²) in [5.74, 6) is 1.80. The number of hydrogen-bond acceptors (Lipinski definition) is 8.